The van der Waals surface area contributed by atoms with E-state index >= 15 is 0 Å². The number of H-pyrrole nitrogens is 1. The Labute approximate surface area is 169 Å². The number of carbonyl (C=O) groups excluding carboxylic acids is 1. The second kappa shape index (κ2) is 10.0. The number of para-hydroxylation sites is 1. The normalized spacial score (nSPS) is 15.8. The molecule has 0 aliphatic rings. The molecule has 0 fully saturated rings. The molecule has 0 radical (unpaired) electrons. The molecule has 0 saturated carbocycles. The highest BCUT2D eigenvalue weighted by atomic mass is 31.2. The number of aliphatic carboxylic acids is 1. The molecule has 29 heavy (non-hydrogen) atoms. The summed E-state index contributed by atoms with van der Waals surface area (Å²) in [5.74, 6) is -2.03. The fraction of sp³-hybridized carbons (Fsp3) is 0.474. The number of phosphoric ester groups is 1. The van der Waals surface area contributed by atoms with Gasteiger partial charge < -0.3 is 20.3 Å². The standard InChI is InChI=1S/C19H27N2O7P/c1-4-27-29(25,26)28-17(9-12(2)3)18(22)21-16(19(23)24)10-13-11-20-15-8-6-5-7-14(13)15/h5-8,11-12,16-17,20H,4,9-10H2,1-3H3,(H,21,22)(H,23,24)(H,25,26)/t16-,17-/m0/s1. The summed E-state index contributed by atoms with van der Waals surface area (Å²) in [6, 6.07) is 6.19. The van der Waals surface area contributed by atoms with Crippen LogP contribution >= 0.6 is 7.82 Å². The van der Waals surface area contributed by atoms with E-state index in [0.29, 0.717) is 0 Å². The van der Waals surface area contributed by atoms with Crippen LogP contribution in [0.25, 0.3) is 10.9 Å². The molecule has 0 bridgehead atoms. The number of hydrogen-bond acceptors (Lipinski definition) is 5. The lowest BCUT2D eigenvalue weighted by Crippen LogP contribution is -2.47. The largest absolute Gasteiger partial charge is 0.480 e. The van der Waals surface area contributed by atoms with Crippen LogP contribution < -0.4 is 5.32 Å². The number of carboxylic acid groups (broad SMARTS) is 1. The number of aromatic nitrogens is 1. The van der Waals surface area contributed by atoms with Crippen LogP contribution in [0.3, 0.4) is 0 Å². The van der Waals surface area contributed by atoms with Crippen molar-refractivity contribution in [2.24, 2.45) is 5.92 Å². The SMILES string of the molecule is CCOP(=O)(O)O[C@@H](CC(C)C)C(=O)N[C@@H](Cc1c[nH]c2ccccc12)C(=O)O. The van der Waals surface area contributed by atoms with E-state index in [9.17, 15) is 24.2 Å². The molecule has 4 N–H and O–H groups in total. The van der Waals surface area contributed by atoms with Crippen LogP contribution in [0.5, 0.6) is 0 Å². The molecule has 2 rings (SSSR count). The van der Waals surface area contributed by atoms with Gasteiger partial charge in [0.25, 0.3) is 5.91 Å². The van der Waals surface area contributed by atoms with Gasteiger partial charge in [0, 0.05) is 23.5 Å². The maximum Gasteiger partial charge on any atom is 0.472 e. The highest BCUT2D eigenvalue weighted by Crippen LogP contribution is 2.45. The van der Waals surface area contributed by atoms with Gasteiger partial charge in [0.1, 0.15) is 12.1 Å². The van der Waals surface area contributed by atoms with Gasteiger partial charge in [-0.2, -0.15) is 0 Å². The molecule has 1 unspecified atom stereocenters. The van der Waals surface area contributed by atoms with Gasteiger partial charge in [-0.25, -0.2) is 9.36 Å². The third-order valence-corrected chi connectivity index (χ3v) is 5.35. The fourth-order valence-corrected chi connectivity index (χ4v) is 3.86. The zero-order valence-corrected chi connectivity index (χ0v) is 17.5. The third kappa shape index (κ3) is 6.68. The number of benzene rings is 1. The summed E-state index contributed by atoms with van der Waals surface area (Å²) in [5, 5.41) is 12.9. The number of aromatic amines is 1. The van der Waals surface area contributed by atoms with Crippen molar-refractivity contribution in [3.05, 3.63) is 36.0 Å². The van der Waals surface area contributed by atoms with E-state index in [-0.39, 0.29) is 25.4 Å². The maximum atomic E-state index is 12.7. The Morgan fingerprint density at radius 2 is 1.97 bits per heavy atom. The molecule has 10 heteroatoms. The number of phosphoric acid groups is 1. The zero-order valence-electron chi connectivity index (χ0n) is 16.6. The maximum absolute atomic E-state index is 12.7. The Balaban J connectivity index is 2.16. The molecule has 160 valence electrons. The monoisotopic (exact) mass is 426 g/mol. The van der Waals surface area contributed by atoms with Gasteiger partial charge in [-0.1, -0.05) is 32.0 Å². The molecule has 9 nitrogen and oxygen atoms in total. The van der Waals surface area contributed by atoms with Crippen LogP contribution in [0.4, 0.5) is 0 Å². The van der Waals surface area contributed by atoms with Gasteiger partial charge in [-0.3, -0.25) is 13.8 Å². The molecule has 1 amide bonds. The minimum Gasteiger partial charge on any atom is -0.480 e. The Kier molecular flexibility index (Phi) is 7.98. The number of carboxylic acids is 1. The molecule has 1 aromatic heterocycles. The van der Waals surface area contributed by atoms with Crippen molar-refractivity contribution in [1.82, 2.24) is 10.3 Å². The van der Waals surface area contributed by atoms with Crippen LogP contribution in [0.2, 0.25) is 0 Å². The molecule has 1 aromatic carbocycles. The van der Waals surface area contributed by atoms with Gasteiger partial charge in [-0.05, 0) is 30.9 Å². The van der Waals surface area contributed by atoms with E-state index in [4.69, 9.17) is 4.52 Å². The highest BCUT2D eigenvalue weighted by molar-refractivity contribution is 7.47. The van der Waals surface area contributed by atoms with E-state index < -0.39 is 31.8 Å². The first-order chi connectivity index (χ1) is 13.6. The van der Waals surface area contributed by atoms with Crippen molar-refractivity contribution in [3.63, 3.8) is 0 Å². The van der Waals surface area contributed by atoms with Gasteiger partial charge in [-0.15, -0.1) is 0 Å². The van der Waals surface area contributed by atoms with E-state index in [1.807, 2.05) is 38.1 Å². The zero-order chi connectivity index (χ0) is 21.6. The minimum absolute atomic E-state index is 0.0377. The first-order valence-electron chi connectivity index (χ1n) is 9.36. The highest BCUT2D eigenvalue weighted by Gasteiger charge is 2.33. The van der Waals surface area contributed by atoms with Crippen LogP contribution in [-0.2, 0) is 29.6 Å². The second-order valence-corrected chi connectivity index (χ2v) is 8.48. The molecule has 0 spiro atoms. The predicted molar refractivity (Wildman–Crippen MR) is 107 cm³/mol. The molecule has 1 heterocycles. The number of fused-ring (bicyclic) bond motifs is 1. The summed E-state index contributed by atoms with van der Waals surface area (Å²) in [4.78, 5) is 37.2. The van der Waals surface area contributed by atoms with Gasteiger partial charge >= 0.3 is 13.8 Å². The van der Waals surface area contributed by atoms with E-state index in [1.165, 1.54) is 6.92 Å². The molecule has 0 saturated heterocycles. The number of amides is 1. The van der Waals surface area contributed by atoms with Crippen molar-refractivity contribution < 1.29 is 33.2 Å². The first kappa shape index (κ1) is 23.1. The number of carbonyl (C=O) groups is 2. The lowest BCUT2D eigenvalue weighted by Gasteiger charge is -2.23. The van der Waals surface area contributed by atoms with Crippen LogP contribution in [-0.4, -0.2) is 45.6 Å². The summed E-state index contributed by atoms with van der Waals surface area (Å²) in [5.41, 5.74) is 1.59. The van der Waals surface area contributed by atoms with Crippen molar-refractivity contribution in [1.29, 1.82) is 0 Å². The molecule has 3 atom stereocenters. The first-order valence-corrected chi connectivity index (χ1v) is 10.9. The van der Waals surface area contributed by atoms with Crippen LogP contribution in [0, 0.1) is 5.92 Å². The van der Waals surface area contributed by atoms with Gasteiger partial charge in [0.05, 0.1) is 6.61 Å². The minimum atomic E-state index is -4.43. The molecular formula is C19H27N2O7P. The Morgan fingerprint density at radius 1 is 1.28 bits per heavy atom. The van der Waals surface area contributed by atoms with Crippen molar-refractivity contribution in [2.75, 3.05) is 6.61 Å². The lowest BCUT2D eigenvalue weighted by atomic mass is 10.0. The summed E-state index contributed by atoms with van der Waals surface area (Å²) in [7, 11) is -4.43. The molecule has 0 aliphatic carbocycles. The summed E-state index contributed by atoms with van der Waals surface area (Å²) >= 11 is 0. The Hall–Kier alpha value is -2.19. The Bertz CT molecular complexity index is 896. The van der Waals surface area contributed by atoms with Crippen LogP contribution in [0.1, 0.15) is 32.8 Å². The summed E-state index contributed by atoms with van der Waals surface area (Å²) in [6.45, 7) is 5.08. The van der Waals surface area contributed by atoms with E-state index in [0.717, 1.165) is 16.5 Å². The van der Waals surface area contributed by atoms with E-state index in [1.54, 1.807) is 6.20 Å². The van der Waals surface area contributed by atoms with E-state index in [2.05, 4.69) is 14.8 Å². The molecular weight excluding hydrogens is 399 g/mol. The fourth-order valence-electron chi connectivity index (χ4n) is 2.97. The predicted octanol–water partition coefficient (Wildman–Crippen LogP) is 2.85. The lowest BCUT2D eigenvalue weighted by molar-refractivity contribution is -0.143. The topological polar surface area (TPSA) is 138 Å². The molecule has 0 aliphatic heterocycles. The quantitative estimate of drug-likeness (QED) is 0.405. The summed E-state index contributed by atoms with van der Waals surface area (Å²) in [6.07, 6.45) is 0.554. The second-order valence-electron chi connectivity index (χ2n) is 7.07. The van der Waals surface area contributed by atoms with Crippen molar-refractivity contribution >= 4 is 30.6 Å². The van der Waals surface area contributed by atoms with Crippen molar-refractivity contribution in [3.8, 4) is 0 Å². The number of hydrogen-bond donors (Lipinski definition) is 4. The smallest absolute Gasteiger partial charge is 0.472 e. The van der Waals surface area contributed by atoms with Gasteiger partial charge in [0.15, 0.2) is 0 Å². The average Bonchev–Trinajstić information content (AvgIpc) is 3.03. The van der Waals surface area contributed by atoms with Crippen LogP contribution in [0.15, 0.2) is 30.5 Å². The van der Waals surface area contributed by atoms with Gasteiger partial charge in [0.2, 0.25) is 0 Å². The summed E-state index contributed by atoms with van der Waals surface area (Å²) < 4.78 is 21.6. The average molecular weight is 426 g/mol. The van der Waals surface area contributed by atoms with Crippen molar-refractivity contribution in [2.45, 2.75) is 45.8 Å². The number of rotatable bonds is 11. The third-order valence-electron chi connectivity index (χ3n) is 4.24. The molecule has 2 aromatic rings. The number of nitrogens with one attached hydrogen (secondary N) is 2. The Morgan fingerprint density at radius 3 is 2.59 bits per heavy atom.